The third-order valence-corrected chi connectivity index (χ3v) is 6.49. The van der Waals surface area contributed by atoms with Gasteiger partial charge in [-0.25, -0.2) is 8.42 Å². The number of amidine groups is 1. The first-order valence-electron chi connectivity index (χ1n) is 9.61. The van der Waals surface area contributed by atoms with E-state index in [4.69, 9.17) is 4.74 Å². The van der Waals surface area contributed by atoms with Gasteiger partial charge in [-0.05, 0) is 29.7 Å². The molecule has 0 atom stereocenters. The smallest absolute Gasteiger partial charge is 0.308 e. The molecule has 1 amide bonds. The van der Waals surface area contributed by atoms with Gasteiger partial charge in [-0.3, -0.25) is 19.3 Å². The van der Waals surface area contributed by atoms with E-state index in [2.05, 4.69) is 15.8 Å². The van der Waals surface area contributed by atoms with Crippen molar-refractivity contribution in [1.29, 1.82) is 0 Å². The first-order chi connectivity index (χ1) is 14.4. The average molecular weight is 427 g/mol. The number of rotatable bonds is 5. The second-order valence-corrected chi connectivity index (χ2v) is 8.73. The maximum Gasteiger partial charge on any atom is 0.308 e. The molecule has 0 aliphatic carbocycles. The number of nitrogens with zero attached hydrogens (tertiary/aromatic N) is 2. The molecule has 30 heavy (non-hydrogen) atoms. The van der Waals surface area contributed by atoms with Crippen LogP contribution in [0.5, 0.6) is 0 Å². The summed E-state index contributed by atoms with van der Waals surface area (Å²) in [5, 5.41) is 0. The van der Waals surface area contributed by atoms with Gasteiger partial charge in [-0.2, -0.15) is 0 Å². The molecule has 0 fully saturated rings. The van der Waals surface area contributed by atoms with Crippen molar-refractivity contribution in [2.24, 2.45) is 4.99 Å². The summed E-state index contributed by atoms with van der Waals surface area (Å²) in [5.74, 6) is -0.581. The van der Waals surface area contributed by atoms with Crippen molar-refractivity contribution >= 4 is 27.7 Å². The molecule has 4 rings (SSSR count). The van der Waals surface area contributed by atoms with Gasteiger partial charge in [0.15, 0.2) is 6.61 Å². The minimum atomic E-state index is -3.61. The van der Waals surface area contributed by atoms with Crippen molar-refractivity contribution in [3.63, 3.8) is 0 Å². The van der Waals surface area contributed by atoms with Crippen molar-refractivity contribution in [2.45, 2.75) is 24.3 Å². The van der Waals surface area contributed by atoms with Crippen LogP contribution in [0.1, 0.15) is 23.1 Å². The maximum atomic E-state index is 12.3. The SMILES string of the molecule is O=C(CCN=C1NS(=O)(=O)c2ccccc21)OCC(=O)N1CCc2ccccc2C1. The van der Waals surface area contributed by atoms with Crippen LogP contribution < -0.4 is 4.72 Å². The van der Waals surface area contributed by atoms with Crippen molar-refractivity contribution in [3.8, 4) is 0 Å². The fourth-order valence-electron chi connectivity index (χ4n) is 3.52. The van der Waals surface area contributed by atoms with Gasteiger partial charge in [-0.15, -0.1) is 0 Å². The zero-order valence-corrected chi connectivity index (χ0v) is 17.0. The van der Waals surface area contributed by atoms with Crippen LogP contribution in [0.3, 0.4) is 0 Å². The Kier molecular flexibility index (Phi) is 5.54. The van der Waals surface area contributed by atoms with Crippen molar-refractivity contribution in [3.05, 3.63) is 65.2 Å². The molecule has 0 bridgehead atoms. The second kappa shape index (κ2) is 8.27. The highest BCUT2D eigenvalue weighted by molar-refractivity contribution is 7.90. The molecule has 2 aromatic rings. The number of amides is 1. The van der Waals surface area contributed by atoms with Crippen LogP contribution in [0.25, 0.3) is 0 Å². The Morgan fingerprint density at radius 3 is 2.63 bits per heavy atom. The van der Waals surface area contributed by atoms with Crippen LogP contribution in [-0.4, -0.2) is 50.7 Å². The molecule has 2 heterocycles. The van der Waals surface area contributed by atoms with E-state index in [1.54, 1.807) is 23.1 Å². The Labute approximate surface area is 174 Å². The molecule has 8 nitrogen and oxygen atoms in total. The number of hydrogen-bond acceptors (Lipinski definition) is 6. The maximum absolute atomic E-state index is 12.3. The topological polar surface area (TPSA) is 105 Å². The highest BCUT2D eigenvalue weighted by Gasteiger charge is 2.30. The quantitative estimate of drug-likeness (QED) is 0.723. The van der Waals surface area contributed by atoms with Crippen LogP contribution in [0.2, 0.25) is 0 Å². The minimum Gasteiger partial charge on any atom is -0.456 e. The number of hydrogen-bond donors (Lipinski definition) is 1. The Morgan fingerprint density at radius 2 is 1.80 bits per heavy atom. The van der Waals surface area contributed by atoms with Gasteiger partial charge in [-0.1, -0.05) is 36.4 Å². The Morgan fingerprint density at radius 1 is 1.07 bits per heavy atom. The van der Waals surface area contributed by atoms with E-state index in [1.165, 1.54) is 11.6 Å². The van der Waals surface area contributed by atoms with Crippen LogP contribution in [0.15, 0.2) is 58.4 Å². The summed E-state index contributed by atoms with van der Waals surface area (Å²) in [6, 6.07) is 14.5. The van der Waals surface area contributed by atoms with E-state index in [0.717, 1.165) is 12.0 Å². The molecule has 0 radical (unpaired) electrons. The zero-order chi connectivity index (χ0) is 21.1. The number of benzene rings is 2. The lowest BCUT2D eigenvalue weighted by Crippen LogP contribution is -2.38. The van der Waals surface area contributed by atoms with Gasteiger partial charge < -0.3 is 9.64 Å². The van der Waals surface area contributed by atoms with E-state index >= 15 is 0 Å². The summed E-state index contributed by atoms with van der Waals surface area (Å²) in [5.41, 5.74) is 2.83. The predicted octanol–water partition coefficient (Wildman–Crippen LogP) is 1.24. The second-order valence-electron chi connectivity index (χ2n) is 7.08. The first kappa shape index (κ1) is 20.1. The summed E-state index contributed by atoms with van der Waals surface area (Å²) >= 11 is 0. The predicted molar refractivity (Wildman–Crippen MR) is 109 cm³/mol. The number of fused-ring (bicyclic) bond motifs is 2. The van der Waals surface area contributed by atoms with E-state index < -0.39 is 16.0 Å². The van der Waals surface area contributed by atoms with Crippen molar-refractivity contribution < 1.29 is 22.7 Å². The molecule has 0 saturated heterocycles. The molecule has 2 aromatic carbocycles. The third-order valence-electron chi connectivity index (χ3n) is 5.09. The lowest BCUT2D eigenvalue weighted by Gasteiger charge is -2.28. The Hall–Kier alpha value is -3.20. The lowest BCUT2D eigenvalue weighted by atomic mass is 10.00. The number of carbonyl (C=O) groups is 2. The fourth-order valence-corrected chi connectivity index (χ4v) is 4.78. The van der Waals surface area contributed by atoms with E-state index in [-0.39, 0.29) is 36.2 Å². The summed E-state index contributed by atoms with van der Waals surface area (Å²) in [6.45, 7) is 0.851. The first-order valence-corrected chi connectivity index (χ1v) is 11.1. The summed E-state index contributed by atoms with van der Waals surface area (Å²) < 4.78 is 31.5. The summed E-state index contributed by atoms with van der Waals surface area (Å²) in [4.78, 5) is 30.3. The molecule has 0 aromatic heterocycles. The molecule has 0 saturated carbocycles. The molecule has 156 valence electrons. The molecule has 0 spiro atoms. The van der Waals surface area contributed by atoms with Gasteiger partial charge in [0.1, 0.15) is 5.84 Å². The average Bonchev–Trinajstić information content (AvgIpc) is 3.02. The highest BCUT2D eigenvalue weighted by atomic mass is 32.2. The standard InChI is InChI=1S/C21H21N3O5S/c25-19(24-12-10-15-5-1-2-6-16(15)13-24)14-29-20(26)9-11-22-21-17-7-3-4-8-18(17)30(27,28)23-21/h1-8H,9-14H2,(H,22,23). The Bertz CT molecular complexity index is 1130. The van der Waals surface area contributed by atoms with Gasteiger partial charge in [0.2, 0.25) is 0 Å². The van der Waals surface area contributed by atoms with E-state index in [9.17, 15) is 18.0 Å². The lowest BCUT2D eigenvalue weighted by molar-refractivity contribution is -0.152. The van der Waals surface area contributed by atoms with Crippen LogP contribution in [0, 0.1) is 0 Å². The van der Waals surface area contributed by atoms with Crippen LogP contribution in [-0.2, 0) is 37.3 Å². The number of aliphatic imine (C=N–C) groups is 1. The number of ether oxygens (including phenoxy) is 1. The number of carbonyl (C=O) groups excluding carboxylic acids is 2. The molecule has 9 heteroatoms. The highest BCUT2D eigenvalue weighted by Crippen LogP contribution is 2.22. The Balaban J connectivity index is 1.26. The molecule has 1 N–H and O–H groups in total. The number of nitrogens with one attached hydrogen (secondary N) is 1. The molecular formula is C21H21N3O5S. The normalized spacial score (nSPS) is 17.7. The van der Waals surface area contributed by atoms with E-state index in [0.29, 0.717) is 18.7 Å². The molecular weight excluding hydrogens is 406 g/mol. The van der Waals surface area contributed by atoms with E-state index in [1.807, 2.05) is 18.2 Å². The van der Waals surface area contributed by atoms with Gasteiger partial charge in [0.05, 0.1) is 17.9 Å². The molecule has 0 unspecified atom stereocenters. The third kappa shape index (κ3) is 4.20. The van der Waals surface area contributed by atoms with Gasteiger partial charge in [0, 0.05) is 18.7 Å². The van der Waals surface area contributed by atoms with Gasteiger partial charge >= 0.3 is 5.97 Å². The number of esters is 1. The van der Waals surface area contributed by atoms with Crippen molar-refractivity contribution in [2.75, 3.05) is 19.7 Å². The summed E-state index contributed by atoms with van der Waals surface area (Å²) in [7, 11) is -3.61. The molecule has 2 aliphatic heterocycles. The largest absolute Gasteiger partial charge is 0.456 e. The zero-order valence-electron chi connectivity index (χ0n) is 16.2. The summed E-state index contributed by atoms with van der Waals surface area (Å²) in [6.07, 6.45) is 0.730. The van der Waals surface area contributed by atoms with Crippen LogP contribution >= 0.6 is 0 Å². The van der Waals surface area contributed by atoms with Crippen LogP contribution in [0.4, 0.5) is 0 Å². The molecule has 2 aliphatic rings. The number of sulfonamides is 1. The minimum absolute atomic E-state index is 0.0519. The van der Waals surface area contributed by atoms with Crippen molar-refractivity contribution in [1.82, 2.24) is 9.62 Å². The van der Waals surface area contributed by atoms with Gasteiger partial charge in [0.25, 0.3) is 15.9 Å². The monoisotopic (exact) mass is 427 g/mol. The fraction of sp³-hybridized carbons (Fsp3) is 0.286.